The minimum absolute atomic E-state index is 0.0933. The molecule has 0 radical (unpaired) electrons. The van der Waals surface area contributed by atoms with Crippen molar-refractivity contribution in [2.24, 2.45) is 0 Å². The van der Waals surface area contributed by atoms with Crippen molar-refractivity contribution in [3.05, 3.63) is 134 Å². The monoisotopic (exact) mass is 1130 g/mol. The molecule has 0 heterocycles. The summed E-state index contributed by atoms with van der Waals surface area (Å²) >= 11 is 0. The number of esters is 3. The van der Waals surface area contributed by atoms with Gasteiger partial charge in [0.25, 0.3) is 0 Å². The molecular formula is C76H126O6. The lowest BCUT2D eigenvalue weighted by molar-refractivity contribution is -0.167. The first-order valence-corrected chi connectivity index (χ1v) is 34.2. The highest BCUT2D eigenvalue weighted by Crippen LogP contribution is 2.16. The van der Waals surface area contributed by atoms with Crippen molar-refractivity contribution in [3.8, 4) is 0 Å². The highest BCUT2D eigenvalue weighted by Gasteiger charge is 2.19. The largest absolute Gasteiger partial charge is 0.462 e. The van der Waals surface area contributed by atoms with Crippen LogP contribution in [0.2, 0.25) is 0 Å². The Labute approximate surface area is 506 Å². The van der Waals surface area contributed by atoms with Crippen molar-refractivity contribution in [2.45, 2.75) is 316 Å². The smallest absolute Gasteiger partial charge is 0.306 e. The van der Waals surface area contributed by atoms with E-state index in [1.807, 2.05) is 0 Å². The van der Waals surface area contributed by atoms with Crippen LogP contribution in [0, 0.1) is 0 Å². The first-order chi connectivity index (χ1) is 40.5. The van der Waals surface area contributed by atoms with E-state index in [0.29, 0.717) is 19.3 Å². The average Bonchev–Trinajstić information content (AvgIpc) is 3.48. The number of carbonyl (C=O) groups excluding carboxylic acids is 3. The van der Waals surface area contributed by atoms with Gasteiger partial charge in [-0.15, -0.1) is 0 Å². The Balaban J connectivity index is 4.30. The Morgan fingerprint density at radius 2 is 0.500 bits per heavy atom. The lowest BCUT2D eigenvalue weighted by atomic mass is 10.0. The number of ether oxygens (including phenoxy) is 3. The van der Waals surface area contributed by atoms with Gasteiger partial charge >= 0.3 is 17.9 Å². The molecule has 0 aliphatic heterocycles. The average molecular weight is 1140 g/mol. The number of unbranched alkanes of at least 4 members (excludes halogenated alkanes) is 28. The summed E-state index contributed by atoms with van der Waals surface area (Å²) < 4.78 is 16.9. The van der Waals surface area contributed by atoms with Crippen molar-refractivity contribution in [1.82, 2.24) is 0 Å². The van der Waals surface area contributed by atoms with E-state index in [2.05, 4.69) is 154 Å². The number of hydrogen-bond donors (Lipinski definition) is 0. The minimum atomic E-state index is -0.798. The van der Waals surface area contributed by atoms with E-state index in [4.69, 9.17) is 14.2 Å². The maximum Gasteiger partial charge on any atom is 0.306 e. The quantitative estimate of drug-likeness (QED) is 0.0261. The zero-order valence-corrected chi connectivity index (χ0v) is 53.5. The molecule has 466 valence electrons. The third-order valence-electron chi connectivity index (χ3n) is 14.3. The highest BCUT2D eigenvalue weighted by atomic mass is 16.6. The van der Waals surface area contributed by atoms with Crippen molar-refractivity contribution in [3.63, 3.8) is 0 Å². The molecule has 6 heteroatoms. The van der Waals surface area contributed by atoms with Crippen LogP contribution in [0.25, 0.3) is 0 Å². The fourth-order valence-corrected chi connectivity index (χ4v) is 9.26. The van der Waals surface area contributed by atoms with E-state index in [9.17, 15) is 14.4 Å². The minimum Gasteiger partial charge on any atom is -0.462 e. The van der Waals surface area contributed by atoms with Crippen LogP contribution in [0.15, 0.2) is 134 Å². The van der Waals surface area contributed by atoms with Crippen LogP contribution in [-0.4, -0.2) is 37.2 Å². The van der Waals surface area contributed by atoms with Gasteiger partial charge in [-0.2, -0.15) is 0 Å². The summed E-state index contributed by atoms with van der Waals surface area (Å²) in [6.45, 7) is 6.44. The first-order valence-electron chi connectivity index (χ1n) is 34.2. The molecule has 0 saturated carbocycles. The second-order valence-corrected chi connectivity index (χ2v) is 22.3. The van der Waals surface area contributed by atoms with E-state index in [0.717, 1.165) is 148 Å². The molecule has 0 N–H and O–H groups in total. The molecule has 0 aromatic carbocycles. The molecule has 1 atom stereocenters. The number of hydrogen-bond acceptors (Lipinski definition) is 6. The zero-order valence-electron chi connectivity index (χ0n) is 53.5. The summed E-state index contributed by atoms with van der Waals surface area (Å²) in [4.78, 5) is 38.3. The van der Waals surface area contributed by atoms with Crippen LogP contribution in [0.1, 0.15) is 310 Å². The second kappa shape index (κ2) is 69.0. The Kier molecular flexibility index (Phi) is 65.3. The van der Waals surface area contributed by atoms with Crippen molar-refractivity contribution in [2.75, 3.05) is 13.2 Å². The van der Waals surface area contributed by atoms with Gasteiger partial charge in [0.05, 0.1) is 0 Å². The van der Waals surface area contributed by atoms with Gasteiger partial charge in [0, 0.05) is 19.3 Å². The van der Waals surface area contributed by atoms with Crippen LogP contribution < -0.4 is 0 Å². The molecule has 0 aliphatic rings. The van der Waals surface area contributed by atoms with Gasteiger partial charge in [0.15, 0.2) is 6.10 Å². The summed E-state index contributed by atoms with van der Waals surface area (Å²) in [6.07, 6.45) is 97.6. The molecular weight excluding hydrogens is 1010 g/mol. The number of carbonyl (C=O) groups is 3. The molecule has 0 saturated heterocycles. The standard InChI is InChI=1S/C76H126O6/c1-4-7-10-13-16-19-22-24-26-28-30-32-34-36-37-38-39-41-42-44-46-48-50-52-54-57-60-63-66-69-75(78)81-72-73(71-80-74(77)68-65-62-59-56-21-18-15-12-9-6-3)82-76(79)70-67-64-61-58-55-53-51-49-47-45-43-40-35-33-31-29-27-25-23-20-17-14-11-8-5-2/h7,10,12,15-16,19,23-26,29-32,36-37,39,41,44,46,50,52,73H,4-6,8-9,11,13-14,17-18,20-22,27-28,33-35,38,40,42-43,45,47-49,51,53-72H2,1-3H3/b10-7-,15-12-,19-16-,25-23-,26-24-,31-29-,32-30-,37-36-,41-39-,46-44-,52-50-. The summed E-state index contributed by atoms with van der Waals surface area (Å²) in [5.41, 5.74) is 0. The van der Waals surface area contributed by atoms with E-state index < -0.39 is 6.10 Å². The normalized spacial score (nSPS) is 13.0. The van der Waals surface area contributed by atoms with Crippen LogP contribution in [0.3, 0.4) is 0 Å². The van der Waals surface area contributed by atoms with Crippen molar-refractivity contribution >= 4 is 17.9 Å². The summed E-state index contributed by atoms with van der Waals surface area (Å²) in [6, 6.07) is 0. The number of rotatable bonds is 61. The molecule has 0 fully saturated rings. The predicted molar refractivity (Wildman–Crippen MR) is 357 cm³/mol. The van der Waals surface area contributed by atoms with E-state index >= 15 is 0 Å². The fraction of sp³-hybridized carbons (Fsp3) is 0.671. The Morgan fingerprint density at radius 1 is 0.256 bits per heavy atom. The molecule has 0 rings (SSSR count). The predicted octanol–water partition coefficient (Wildman–Crippen LogP) is 23.7. The van der Waals surface area contributed by atoms with Crippen molar-refractivity contribution < 1.29 is 28.6 Å². The molecule has 0 aliphatic carbocycles. The fourth-order valence-electron chi connectivity index (χ4n) is 9.26. The van der Waals surface area contributed by atoms with Gasteiger partial charge in [-0.3, -0.25) is 14.4 Å². The van der Waals surface area contributed by atoms with Gasteiger partial charge in [-0.05, 0) is 135 Å². The SMILES string of the molecule is CC/C=C\C/C=C\C/C=C\C/C=C\C/C=C\C/C=C\C/C=C\C/C=C\CCCCCCC(=O)OCC(COC(=O)CCCCCCC/C=C\CCC)OC(=O)CCCCCCCCCCCCCCC/C=C\C/C=C\CCCCCCC. The summed E-state index contributed by atoms with van der Waals surface area (Å²) in [5, 5.41) is 0. The van der Waals surface area contributed by atoms with Crippen LogP contribution >= 0.6 is 0 Å². The summed E-state index contributed by atoms with van der Waals surface area (Å²) in [5.74, 6) is -0.926. The van der Waals surface area contributed by atoms with Crippen molar-refractivity contribution in [1.29, 1.82) is 0 Å². The number of allylic oxidation sites excluding steroid dienone is 22. The highest BCUT2D eigenvalue weighted by molar-refractivity contribution is 5.71. The molecule has 0 aromatic rings. The van der Waals surface area contributed by atoms with Gasteiger partial charge in [0.1, 0.15) is 13.2 Å². The first kappa shape index (κ1) is 77.5. The van der Waals surface area contributed by atoms with Gasteiger partial charge in [0.2, 0.25) is 0 Å². The lowest BCUT2D eigenvalue weighted by Crippen LogP contribution is -2.30. The Morgan fingerprint density at radius 3 is 0.805 bits per heavy atom. The zero-order chi connectivity index (χ0) is 59.2. The van der Waals surface area contributed by atoms with E-state index in [1.165, 1.54) is 122 Å². The lowest BCUT2D eigenvalue weighted by Gasteiger charge is -2.18. The maximum absolute atomic E-state index is 12.9. The maximum atomic E-state index is 12.9. The topological polar surface area (TPSA) is 78.9 Å². The third-order valence-corrected chi connectivity index (χ3v) is 14.3. The molecule has 0 amide bonds. The van der Waals surface area contributed by atoms with Gasteiger partial charge in [-0.1, -0.05) is 289 Å². The Hall–Kier alpha value is -4.45. The second-order valence-electron chi connectivity index (χ2n) is 22.3. The van der Waals surface area contributed by atoms with Crippen LogP contribution in [-0.2, 0) is 28.6 Å². The van der Waals surface area contributed by atoms with Gasteiger partial charge in [-0.25, -0.2) is 0 Å². The van der Waals surface area contributed by atoms with Crippen LogP contribution in [0.4, 0.5) is 0 Å². The van der Waals surface area contributed by atoms with Crippen LogP contribution in [0.5, 0.6) is 0 Å². The van der Waals surface area contributed by atoms with E-state index in [1.54, 1.807) is 0 Å². The Bertz CT molecular complexity index is 1730. The summed E-state index contributed by atoms with van der Waals surface area (Å²) in [7, 11) is 0. The molecule has 0 aromatic heterocycles. The van der Waals surface area contributed by atoms with E-state index in [-0.39, 0.29) is 31.1 Å². The van der Waals surface area contributed by atoms with Gasteiger partial charge < -0.3 is 14.2 Å². The molecule has 0 bridgehead atoms. The molecule has 82 heavy (non-hydrogen) atoms. The molecule has 1 unspecified atom stereocenters. The molecule has 0 spiro atoms. The third kappa shape index (κ3) is 66.4. The molecule has 6 nitrogen and oxygen atoms in total.